The molecule has 1 aliphatic rings. The molecule has 7 heteroatoms. The van der Waals surface area contributed by atoms with Crippen LogP contribution in [0.3, 0.4) is 0 Å². The van der Waals surface area contributed by atoms with Gasteiger partial charge in [0, 0.05) is 18.4 Å². The molecule has 1 N–H and O–H groups in total. The highest BCUT2D eigenvalue weighted by Gasteiger charge is 2.16. The van der Waals surface area contributed by atoms with Crippen molar-refractivity contribution < 1.29 is 0 Å². The van der Waals surface area contributed by atoms with E-state index in [1.165, 1.54) is 12.8 Å². The van der Waals surface area contributed by atoms with Crippen molar-refractivity contribution in [2.75, 3.05) is 5.32 Å². The quantitative estimate of drug-likeness (QED) is 0.919. The number of rotatable bonds is 3. The average Bonchev–Trinajstić information content (AvgIpc) is 3.00. The van der Waals surface area contributed by atoms with E-state index in [1.807, 2.05) is 0 Å². The molecule has 0 radical (unpaired) electrons. The highest BCUT2D eigenvalue weighted by Crippen LogP contribution is 2.21. The Hall–Kier alpha value is -1.69. The maximum absolute atomic E-state index is 5.92. The summed E-state index contributed by atoms with van der Waals surface area (Å²) in [5, 5.41) is 3.49. The van der Waals surface area contributed by atoms with E-state index in [-0.39, 0.29) is 5.28 Å². The van der Waals surface area contributed by atoms with Crippen LogP contribution in [-0.4, -0.2) is 30.5 Å². The summed E-state index contributed by atoms with van der Waals surface area (Å²) in [7, 11) is 0. The van der Waals surface area contributed by atoms with Crippen molar-refractivity contribution in [2.24, 2.45) is 0 Å². The third kappa shape index (κ3) is 2.43. The number of imidazole rings is 1. The molecule has 1 saturated carbocycles. The molecule has 94 valence electrons. The van der Waals surface area contributed by atoms with Crippen LogP contribution in [-0.2, 0) is 0 Å². The molecule has 0 unspecified atom stereocenters. The van der Waals surface area contributed by atoms with Crippen LogP contribution >= 0.6 is 11.6 Å². The first-order valence-electron chi connectivity index (χ1n) is 5.98. The molecule has 0 bridgehead atoms. The SMILES string of the molecule is Clc1nc(NC2CCCC2)nc(-n2ccnc2)n1. The van der Waals surface area contributed by atoms with E-state index in [9.17, 15) is 0 Å². The van der Waals surface area contributed by atoms with Crippen molar-refractivity contribution in [3.63, 3.8) is 0 Å². The van der Waals surface area contributed by atoms with Gasteiger partial charge in [-0.2, -0.15) is 15.0 Å². The summed E-state index contributed by atoms with van der Waals surface area (Å²) in [6.45, 7) is 0. The Kier molecular flexibility index (Phi) is 3.10. The number of hydrogen-bond donors (Lipinski definition) is 1. The molecule has 1 aliphatic carbocycles. The molecule has 0 aliphatic heterocycles. The van der Waals surface area contributed by atoms with Crippen molar-refractivity contribution in [1.29, 1.82) is 0 Å². The molecule has 2 aromatic rings. The zero-order valence-corrected chi connectivity index (χ0v) is 10.5. The largest absolute Gasteiger partial charge is 0.351 e. The third-order valence-electron chi connectivity index (χ3n) is 3.02. The predicted octanol–water partition coefficient (Wildman–Crippen LogP) is 2.07. The van der Waals surface area contributed by atoms with E-state index < -0.39 is 0 Å². The Bertz CT molecular complexity index is 520. The number of nitrogens with one attached hydrogen (secondary N) is 1. The summed E-state index contributed by atoms with van der Waals surface area (Å²) >= 11 is 5.92. The van der Waals surface area contributed by atoms with E-state index in [0.717, 1.165) is 12.8 Å². The molecule has 0 amide bonds. The van der Waals surface area contributed by atoms with Crippen LogP contribution in [0.2, 0.25) is 5.28 Å². The molecule has 0 atom stereocenters. The van der Waals surface area contributed by atoms with Gasteiger partial charge in [0.2, 0.25) is 17.2 Å². The minimum atomic E-state index is 0.189. The van der Waals surface area contributed by atoms with Crippen molar-refractivity contribution in [3.05, 3.63) is 24.0 Å². The molecule has 0 aromatic carbocycles. The fourth-order valence-corrected chi connectivity index (χ4v) is 2.31. The summed E-state index contributed by atoms with van der Waals surface area (Å²) in [5.74, 6) is 1.01. The molecule has 0 spiro atoms. The Morgan fingerprint density at radius 2 is 2.06 bits per heavy atom. The minimum absolute atomic E-state index is 0.189. The van der Waals surface area contributed by atoms with Crippen molar-refractivity contribution in [3.8, 4) is 5.95 Å². The van der Waals surface area contributed by atoms with Gasteiger partial charge in [0.05, 0.1) is 0 Å². The fraction of sp³-hybridized carbons (Fsp3) is 0.455. The fourth-order valence-electron chi connectivity index (χ4n) is 2.15. The third-order valence-corrected chi connectivity index (χ3v) is 3.19. The van der Waals surface area contributed by atoms with Gasteiger partial charge in [0.25, 0.3) is 0 Å². The Morgan fingerprint density at radius 3 is 2.78 bits per heavy atom. The molecule has 1 fully saturated rings. The van der Waals surface area contributed by atoms with Crippen LogP contribution in [0.5, 0.6) is 0 Å². The zero-order valence-electron chi connectivity index (χ0n) is 9.75. The molecular formula is C11H13ClN6. The topological polar surface area (TPSA) is 68.5 Å². The number of nitrogens with zero attached hydrogens (tertiary/aromatic N) is 5. The first kappa shape index (κ1) is 11.4. The first-order chi connectivity index (χ1) is 8.81. The van der Waals surface area contributed by atoms with Gasteiger partial charge < -0.3 is 5.32 Å². The van der Waals surface area contributed by atoms with E-state index in [0.29, 0.717) is 17.9 Å². The van der Waals surface area contributed by atoms with Crippen molar-refractivity contribution in [1.82, 2.24) is 24.5 Å². The second kappa shape index (κ2) is 4.89. The van der Waals surface area contributed by atoms with E-state index in [1.54, 1.807) is 23.3 Å². The normalized spacial score (nSPS) is 16.1. The Labute approximate surface area is 109 Å². The van der Waals surface area contributed by atoms with E-state index in [4.69, 9.17) is 11.6 Å². The van der Waals surface area contributed by atoms with Gasteiger partial charge in [-0.25, -0.2) is 4.98 Å². The van der Waals surface area contributed by atoms with Crippen LogP contribution in [0, 0.1) is 0 Å². The maximum Gasteiger partial charge on any atom is 0.241 e. The van der Waals surface area contributed by atoms with E-state index in [2.05, 4.69) is 25.3 Å². The molecule has 3 rings (SSSR count). The van der Waals surface area contributed by atoms with Crippen molar-refractivity contribution in [2.45, 2.75) is 31.7 Å². The highest BCUT2D eigenvalue weighted by molar-refractivity contribution is 6.28. The smallest absolute Gasteiger partial charge is 0.241 e. The minimum Gasteiger partial charge on any atom is -0.351 e. The molecule has 2 aromatic heterocycles. The first-order valence-corrected chi connectivity index (χ1v) is 6.35. The van der Waals surface area contributed by atoms with Gasteiger partial charge >= 0.3 is 0 Å². The molecule has 18 heavy (non-hydrogen) atoms. The lowest BCUT2D eigenvalue weighted by atomic mass is 10.3. The standard InChI is InChI=1S/C11H13ClN6/c12-9-15-10(14-8-3-1-2-4-8)17-11(16-9)18-6-5-13-7-18/h5-8H,1-4H2,(H,14,15,16,17). The van der Waals surface area contributed by atoms with Gasteiger partial charge in [-0.15, -0.1) is 0 Å². The lowest BCUT2D eigenvalue weighted by Crippen LogP contribution is -2.18. The van der Waals surface area contributed by atoms with Gasteiger partial charge in [0.1, 0.15) is 6.33 Å². The van der Waals surface area contributed by atoms with Crippen molar-refractivity contribution >= 4 is 17.5 Å². The number of anilines is 1. The lowest BCUT2D eigenvalue weighted by molar-refractivity contribution is 0.738. The van der Waals surface area contributed by atoms with Crippen LogP contribution < -0.4 is 5.32 Å². The molecule has 0 saturated heterocycles. The van der Waals surface area contributed by atoms with Gasteiger partial charge in [-0.3, -0.25) is 4.57 Å². The summed E-state index contributed by atoms with van der Waals surface area (Å²) in [5.41, 5.74) is 0. The van der Waals surface area contributed by atoms with Gasteiger partial charge in [-0.1, -0.05) is 12.8 Å². The van der Waals surface area contributed by atoms with Gasteiger partial charge in [0.15, 0.2) is 0 Å². The Morgan fingerprint density at radius 1 is 1.22 bits per heavy atom. The number of hydrogen-bond acceptors (Lipinski definition) is 5. The lowest BCUT2D eigenvalue weighted by Gasteiger charge is -2.12. The number of aromatic nitrogens is 5. The summed E-state index contributed by atoms with van der Waals surface area (Å²) in [6, 6.07) is 0.444. The van der Waals surface area contributed by atoms with Crippen LogP contribution in [0.25, 0.3) is 5.95 Å². The maximum atomic E-state index is 5.92. The van der Waals surface area contributed by atoms with E-state index >= 15 is 0 Å². The summed E-state index contributed by atoms with van der Waals surface area (Å²) in [4.78, 5) is 16.5. The number of halogens is 1. The zero-order chi connectivity index (χ0) is 12.4. The summed E-state index contributed by atoms with van der Waals surface area (Å²) < 4.78 is 1.70. The molecule has 2 heterocycles. The van der Waals surface area contributed by atoms with Crippen LogP contribution in [0.4, 0.5) is 5.95 Å². The second-order valence-electron chi connectivity index (χ2n) is 4.32. The van der Waals surface area contributed by atoms with Crippen LogP contribution in [0.1, 0.15) is 25.7 Å². The molecular weight excluding hydrogens is 252 g/mol. The van der Waals surface area contributed by atoms with Crippen LogP contribution in [0.15, 0.2) is 18.7 Å². The highest BCUT2D eigenvalue weighted by atomic mass is 35.5. The monoisotopic (exact) mass is 264 g/mol. The predicted molar refractivity (Wildman–Crippen MR) is 67.8 cm³/mol. The molecule has 6 nitrogen and oxygen atoms in total. The second-order valence-corrected chi connectivity index (χ2v) is 4.66. The average molecular weight is 265 g/mol. The summed E-state index contributed by atoms with van der Waals surface area (Å²) in [6.07, 6.45) is 9.89. The van der Waals surface area contributed by atoms with Gasteiger partial charge in [-0.05, 0) is 24.4 Å². The Balaban J connectivity index is 1.86.